The minimum absolute atomic E-state index is 0.139. The van der Waals surface area contributed by atoms with Crippen LogP contribution < -0.4 is 19.5 Å². The van der Waals surface area contributed by atoms with Crippen molar-refractivity contribution in [1.82, 2.24) is 15.1 Å². The van der Waals surface area contributed by atoms with E-state index in [4.69, 9.17) is 14.2 Å². The number of fused-ring (bicyclic) bond motifs is 1. The molecule has 184 valence electrons. The van der Waals surface area contributed by atoms with Crippen molar-refractivity contribution in [2.24, 2.45) is 0 Å². The molecule has 1 saturated heterocycles. The smallest absolute Gasteiger partial charge is 0.251 e. The summed E-state index contributed by atoms with van der Waals surface area (Å²) >= 11 is 0. The molecule has 1 N–H and O–H groups in total. The van der Waals surface area contributed by atoms with Gasteiger partial charge in [0.2, 0.25) is 5.75 Å². The number of carbonyl (C=O) groups excluding carboxylic acids is 1. The molecule has 1 fully saturated rings. The van der Waals surface area contributed by atoms with Crippen LogP contribution in [0.2, 0.25) is 0 Å². The number of ether oxygens (including phenoxy) is 3. The van der Waals surface area contributed by atoms with Gasteiger partial charge in [-0.15, -0.1) is 0 Å². The van der Waals surface area contributed by atoms with Crippen LogP contribution in [-0.2, 0) is 6.42 Å². The molecule has 0 aromatic heterocycles. The molecule has 1 aliphatic carbocycles. The van der Waals surface area contributed by atoms with E-state index in [1.54, 1.807) is 33.5 Å². The summed E-state index contributed by atoms with van der Waals surface area (Å²) < 4.78 is 16.0. The third-order valence-electron chi connectivity index (χ3n) is 7.05. The fourth-order valence-corrected chi connectivity index (χ4v) is 5.23. The molecule has 1 unspecified atom stereocenters. The first-order valence-electron chi connectivity index (χ1n) is 12.3. The lowest BCUT2D eigenvalue weighted by Crippen LogP contribution is -2.48. The Hall–Kier alpha value is -2.77. The number of benzene rings is 2. The van der Waals surface area contributed by atoms with Crippen LogP contribution in [-0.4, -0.2) is 76.3 Å². The van der Waals surface area contributed by atoms with E-state index in [0.717, 1.165) is 39.1 Å². The minimum atomic E-state index is -0.139. The Kier molecular flexibility index (Phi) is 8.29. The molecule has 0 saturated carbocycles. The molecule has 0 spiro atoms. The molecular weight excluding hydrogens is 430 g/mol. The van der Waals surface area contributed by atoms with Gasteiger partial charge in [-0.25, -0.2) is 0 Å². The lowest BCUT2D eigenvalue weighted by molar-refractivity contribution is 0.0861. The molecule has 2 aromatic carbocycles. The summed E-state index contributed by atoms with van der Waals surface area (Å²) in [5, 5.41) is 3.02. The highest BCUT2D eigenvalue weighted by molar-refractivity contribution is 5.95. The van der Waals surface area contributed by atoms with E-state index in [0.29, 0.717) is 35.4 Å². The maximum absolute atomic E-state index is 12.7. The van der Waals surface area contributed by atoms with Crippen LogP contribution in [0.15, 0.2) is 36.4 Å². The van der Waals surface area contributed by atoms with Crippen molar-refractivity contribution in [2.75, 3.05) is 60.6 Å². The van der Waals surface area contributed by atoms with Crippen LogP contribution in [0.5, 0.6) is 17.2 Å². The Morgan fingerprint density at radius 3 is 2.38 bits per heavy atom. The van der Waals surface area contributed by atoms with Crippen LogP contribution in [0.3, 0.4) is 0 Å². The van der Waals surface area contributed by atoms with Gasteiger partial charge in [-0.3, -0.25) is 9.69 Å². The van der Waals surface area contributed by atoms with Gasteiger partial charge >= 0.3 is 0 Å². The number of rotatable bonds is 9. The molecule has 1 atom stereocenters. The van der Waals surface area contributed by atoms with Crippen molar-refractivity contribution in [3.63, 3.8) is 0 Å². The van der Waals surface area contributed by atoms with Gasteiger partial charge in [-0.2, -0.15) is 0 Å². The number of carbonyl (C=O) groups is 1. The topological polar surface area (TPSA) is 63.3 Å². The van der Waals surface area contributed by atoms with Crippen LogP contribution in [0.1, 0.15) is 46.8 Å². The minimum Gasteiger partial charge on any atom is -0.493 e. The van der Waals surface area contributed by atoms with Crippen LogP contribution in [0, 0.1) is 0 Å². The summed E-state index contributed by atoms with van der Waals surface area (Å²) in [6.07, 6.45) is 4.69. The first kappa shape index (κ1) is 24.4. The SMILES string of the molecule is COc1cc(C(=O)NCCCN2CCN(C3CCCc4ccccc43)CC2)cc(OC)c1OC. The zero-order valence-corrected chi connectivity index (χ0v) is 20.6. The van der Waals surface area contributed by atoms with Crippen molar-refractivity contribution in [1.29, 1.82) is 0 Å². The second-order valence-corrected chi connectivity index (χ2v) is 9.01. The van der Waals surface area contributed by atoms with Gasteiger partial charge in [0.1, 0.15) is 0 Å². The predicted octanol–water partition coefficient (Wildman–Crippen LogP) is 3.53. The molecule has 1 amide bonds. The van der Waals surface area contributed by atoms with E-state index >= 15 is 0 Å². The highest BCUT2D eigenvalue weighted by Crippen LogP contribution is 2.38. The highest BCUT2D eigenvalue weighted by atomic mass is 16.5. The summed E-state index contributed by atoms with van der Waals surface area (Å²) in [7, 11) is 4.64. The Morgan fingerprint density at radius 2 is 1.71 bits per heavy atom. The molecule has 0 bridgehead atoms. The molecule has 34 heavy (non-hydrogen) atoms. The normalized spacial score (nSPS) is 18.7. The van der Waals surface area contributed by atoms with Gasteiger partial charge in [0.05, 0.1) is 21.3 Å². The number of methoxy groups -OCH3 is 3. The fraction of sp³-hybridized carbons (Fsp3) is 0.519. The Balaban J connectivity index is 1.22. The van der Waals surface area contributed by atoms with Gasteiger partial charge in [0.15, 0.2) is 11.5 Å². The van der Waals surface area contributed by atoms with Gasteiger partial charge in [0.25, 0.3) is 5.91 Å². The zero-order chi connectivity index (χ0) is 23.9. The van der Waals surface area contributed by atoms with Crippen LogP contribution >= 0.6 is 0 Å². The number of amides is 1. The molecular formula is C27H37N3O4. The molecule has 7 nitrogen and oxygen atoms in total. The number of nitrogens with zero attached hydrogens (tertiary/aromatic N) is 2. The molecule has 2 aromatic rings. The first-order valence-corrected chi connectivity index (χ1v) is 12.3. The number of hydrogen-bond donors (Lipinski definition) is 1. The zero-order valence-electron chi connectivity index (χ0n) is 20.6. The van der Waals surface area contributed by atoms with Crippen molar-refractivity contribution in [2.45, 2.75) is 31.7 Å². The molecule has 7 heteroatoms. The maximum Gasteiger partial charge on any atom is 0.251 e. The lowest BCUT2D eigenvalue weighted by Gasteiger charge is -2.41. The van der Waals surface area contributed by atoms with Crippen LogP contribution in [0.4, 0.5) is 0 Å². The van der Waals surface area contributed by atoms with E-state index in [1.165, 1.54) is 30.4 Å². The highest BCUT2D eigenvalue weighted by Gasteiger charge is 2.28. The number of hydrogen-bond acceptors (Lipinski definition) is 6. The monoisotopic (exact) mass is 467 g/mol. The third-order valence-corrected chi connectivity index (χ3v) is 7.05. The van der Waals surface area contributed by atoms with E-state index in [2.05, 4.69) is 39.4 Å². The molecule has 2 aliphatic rings. The van der Waals surface area contributed by atoms with Gasteiger partial charge in [0, 0.05) is 44.3 Å². The van der Waals surface area contributed by atoms with Gasteiger partial charge in [-0.05, 0) is 55.5 Å². The lowest BCUT2D eigenvalue weighted by atomic mass is 9.86. The number of piperazine rings is 1. The Bertz CT molecular complexity index is 947. The average molecular weight is 468 g/mol. The van der Waals surface area contributed by atoms with Crippen molar-refractivity contribution >= 4 is 5.91 Å². The number of aryl methyl sites for hydroxylation is 1. The second-order valence-electron chi connectivity index (χ2n) is 9.01. The van der Waals surface area contributed by atoms with Crippen molar-refractivity contribution in [3.05, 3.63) is 53.1 Å². The average Bonchev–Trinajstić information content (AvgIpc) is 2.90. The quantitative estimate of drug-likeness (QED) is 0.570. The predicted molar refractivity (Wildman–Crippen MR) is 133 cm³/mol. The Labute approximate surface area is 203 Å². The summed E-state index contributed by atoms with van der Waals surface area (Å²) in [6.45, 7) is 6.00. The third kappa shape index (κ3) is 5.47. The van der Waals surface area contributed by atoms with Crippen molar-refractivity contribution < 1.29 is 19.0 Å². The standard InChI is InChI=1S/C27H37N3O4/c1-32-24-18-21(19-25(33-2)26(24)34-3)27(31)28-12-7-13-29-14-16-30(17-15-29)23-11-6-9-20-8-4-5-10-22(20)23/h4-5,8,10,18-19,23H,6-7,9,11-17H2,1-3H3,(H,28,31). The maximum atomic E-state index is 12.7. The molecule has 1 heterocycles. The molecule has 4 rings (SSSR count). The van der Waals surface area contributed by atoms with Crippen LogP contribution in [0.25, 0.3) is 0 Å². The number of nitrogens with one attached hydrogen (secondary N) is 1. The van der Waals surface area contributed by atoms with E-state index in [9.17, 15) is 4.79 Å². The van der Waals surface area contributed by atoms with Gasteiger partial charge in [-0.1, -0.05) is 24.3 Å². The van der Waals surface area contributed by atoms with E-state index in [-0.39, 0.29) is 5.91 Å². The summed E-state index contributed by atoms with van der Waals surface area (Å²) in [5.74, 6) is 1.30. The molecule has 0 radical (unpaired) electrons. The summed E-state index contributed by atoms with van der Waals surface area (Å²) in [5.41, 5.74) is 3.57. The van der Waals surface area contributed by atoms with Crippen molar-refractivity contribution in [3.8, 4) is 17.2 Å². The molecule has 1 aliphatic heterocycles. The largest absolute Gasteiger partial charge is 0.493 e. The second kappa shape index (κ2) is 11.6. The Morgan fingerprint density at radius 1 is 1.00 bits per heavy atom. The summed E-state index contributed by atoms with van der Waals surface area (Å²) in [4.78, 5) is 17.8. The van der Waals surface area contributed by atoms with E-state index in [1.807, 2.05) is 0 Å². The fourth-order valence-electron chi connectivity index (χ4n) is 5.23. The van der Waals surface area contributed by atoms with Gasteiger partial charge < -0.3 is 24.4 Å². The van der Waals surface area contributed by atoms with E-state index < -0.39 is 0 Å². The first-order chi connectivity index (χ1) is 16.6. The summed E-state index contributed by atoms with van der Waals surface area (Å²) in [6, 6.07) is 12.9.